The van der Waals surface area contributed by atoms with Crippen molar-refractivity contribution in [3.8, 4) is 0 Å². The Labute approximate surface area is 139 Å². The Balaban J connectivity index is 2.03. The number of nitrogens with one attached hydrogen (secondary N) is 1. The zero-order chi connectivity index (χ0) is 17.9. The van der Waals surface area contributed by atoms with Crippen molar-refractivity contribution in [3.63, 3.8) is 0 Å². The number of benzene rings is 2. The van der Waals surface area contributed by atoms with Crippen LogP contribution in [0.1, 0.15) is 27.6 Å². The van der Waals surface area contributed by atoms with Crippen molar-refractivity contribution in [1.82, 2.24) is 5.32 Å². The van der Waals surface area contributed by atoms with Crippen LogP contribution in [-0.2, 0) is 6.18 Å². The lowest BCUT2D eigenvalue weighted by Crippen LogP contribution is -2.29. The third-order valence-electron chi connectivity index (χ3n) is 3.27. The molecule has 2 rings (SSSR count). The largest absolute Gasteiger partial charge is 0.416 e. The van der Waals surface area contributed by atoms with Crippen LogP contribution in [0.4, 0.5) is 17.6 Å². The van der Waals surface area contributed by atoms with E-state index < -0.39 is 29.6 Å². The summed E-state index contributed by atoms with van der Waals surface area (Å²) in [4.78, 5) is 11.9. The quantitative estimate of drug-likeness (QED) is 0.810. The number of carbonyl (C=O) groups excluding carboxylic acids is 1. The SMILES string of the molecule is O=C(NCC(O)c1ccc(C(F)(F)F)cc1)c1c(F)cccc1Cl. The second kappa shape index (κ2) is 7.19. The van der Waals surface area contributed by atoms with Crippen LogP contribution in [0.15, 0.2) is 42.5 Å². The molecule has 0 aliphatic rings. The molecule has 0 radical (unpaired) electrons. The summed E-state index contributed by atoms with van der Waals surface area (Å²) in [5.41, 5.74) is -1.03. The van der Waals surface area contributed by atoms with Crippen molar-refractivity contribution < 1.29 is 27.5 Å². The fourth-order valence-electron chi connectivity index (χ4n) is 2.00. The molecule has 1 atom stereocenters. The first-order valence-electron chi connectivity index (χ1n) is 6.77. The summed E-state index contributed by atoms with van der Waals surface area (Å²) in [6.07, 6.45) is -5.72. The number of rotatable bonds is 4. The summed E-state index contributed by atoms with van der Waals surface area (Å²) >= 11 is 5.75. The van der Waals surface area contributed by atoms with Gasteiger partial charge in [-0.25, -0.2) is 4.39 Å². The molecule has 0 heterocycles. The fraction of sp³-hybridized carbons (Fsp3) is 0.188. The van der Waals surface area contributed by atoms with Gasteiger partial charge in [0.15, 0.2) is 0 Å². The maximum absolute atomic E-state index is 13.6. The van der Waals surface area contributed by atoms with Crippen LogP contribution < -0.4 is 5.32 Å². The highest BCUT2D eigenvalue weighted by Gasteiger charge is 2.30. The molecule has 3 nitrogen and oxygen atoms in total. The van der Waals surface area contributed by atoms with Crippen molar-refractivity contribution >= 4 is 17.5 Å². The number of aliphatic hydroxyl groups is 1. The summed E-state index contributed by atoms with van der Waals surface area (Å²) in [7, 11) is 0. The third kappa shape index (κ3) is 4.24. The van der Waals surface area contributed by atoms with Gasteiger partial charge in [-0.15, -0.1) is 0 Å². The van der Waals surface area contributed by atoms with E-state index in [9.17, 15) is 27.5 Å². The van der Waals surface area contributed by atoms with E-state index in [0.29, 0.717) is 0 Å². The van der Waals surface area contributed by atoms with Gasteiger partial charge in [0.25, 0.3) is 5.91 Å². The van der Waals surface area contributed by atoms with Gasteiger partial charge >= 0.3 is 6.18 Å². The Bertz CT molecular complexity index is 712. The minimum Gasteiger partial charge on any atom is -0.387 e. The van der Waals surface area contributed by atoms with Crippen LogP contribution in [0.3, 0.4) is 0 Å². The first-order valence-corrected chi connectivity index (χ1v) is 7.15. The van der Waals surface area contributed by atoms with Gasteiger partial charge < -0.3 is 10.4 Å². The molecule has 0 aliphatic carbocycles. The fourth-order valence-corrected chi connectivity index (χ4v) is 2.25. The van der Waals surface area contributed by atoms with Gasteiger partial charge in [0.2, 0.25) is 0 Å². The van der Waals surface area contributed by atoms with Crippen molar-refractivity contribution in [2.45, 2.75) is 12.3 Å². The number of carbonyl (C=O) groups is 1. The van der Waals surface area contributed by atoms with E-state index in [-0.39, 0.29) is 22.7 Å². The number of alkyl halides is 3. The molecule has 0 aromatic heterocycles. The van der Waals surface area contributed by atoms with E-state index >= 15 is 0 Å². The molecule has 0 fully saturated rings. The first kappa shape index (κ1) is 18.2. The summed E-state index contributed by atoms with van der Waals surface area (Å²) in [5, 5.41) is 12.1. The molecule has 0 spiro atoms. The minimum atomic E-state index is -4.47. The Morgan fingerprint density at radius 3 is 2.33 bits per heavy atom. The Hall–Kier alpha value is -2.12. The minimum absolute atomic E-state index is 0.0866. The predicted molar refractivity (Wildman–Crippen MR) is 80.1 cm³/mol. The van der Waals surface area contributed by atoms with Crippen LogP contribution in [0, 0.1) is 5.82 Å². The van der Waals surface area contributed by atoms with Crippen LogP contribution >= 0.6 is 11.6 Å². The Kier molecular flexibility index (Phi) is 5.46. The molecule has 2 N–H and O–H groups in total. The van der Waals surface area contributed by atoms with Gasteiger partial charge in [-0.05, 0) is 29.8 Å². The Morgan fingerprint density at radius 1 is 1.17 bits per heavy atom. The average Bonchev–Trinajstić information content (AvgIpc) is 2.51. The zero-order valence-corrected chi connectivity index (χ0v) is 12.8. The Morgan fingerprint density at radius 2 is 1.79 bits per heavy atom. The maximum Gasteiger partial charge on any atom is 0.416 e. The van der Waals surface area contributed by atoms with Crippen LogP contribution in [0.25, 0.3) is 0 Å². The van der Waals surface area contributed by atoms with Crippen molar-refractivity contribution in [2.75, 3.05) is 6.54 Å². The smallest absolute Gasteiger partial charge is 0.387 e. The molecule has 8 heteroatoms. The van der Waals surface area contributed by atoms with Gasteiger partial charge in [-0.2, -0.15) is 13.2 Å². The molecular formula is C16H12ClF4NO2. The number of hydrogen-bond donors (Lipinski definition) is 2. The third-order valence-corrected chi connectivity index (χ3v) is 3.58. The topological polar surface area (TPSA) is 49.3 Å². The molecule has 2 aromatic rings. The standard InChI is InChI=1S/C16H12ClF4NO2/c17-11-2-1-3-12(18)14(11)15(24)22-8-13(23)9-4-6-10(7-5-9)16(19,20)21/h1-7,13,23H,8H2,(H,22,24). The van der Waals surface area contributed by atoms with Gasteiger partial charge in [-0.1, -0.05) is 29.8 Å². The highest BCUT2D eigenvalue weighted by Crippen LogP contribution is 2.29. The highest BCUT2D eigenvalue weighted by molar-refractivity contribution is 6.33. The van der Waals surface area contributed by atoms with Crippen molar-refractivity contribution in [3.05, 3.63) is 70.0 Å². The summed E-state index contributed by atoms with van der Waals surface area (Å²) in [6.45, 7) is -0.311. The molecular weight excluding hydrogens is 350 g/mol. The van der Waals surface area contributed by atoms with Gasteiger partial charge in [0, 0.05) is 6.54 Å². The number of halogens is 5. The van der Waals surface area contributed by atoms with Gasteiger partial charge in [0.1, 0.15) is 5.82 Å². The van der Waals surface area contributed by atoms with E-state index in [2.05, 4.69) is 5.32 Å². The lowest BCUT2D eigenvalue weighted by Gasteiger charge is -2.14. The second-order valence-corrected chi connectivity index (χ2v) is 5.35. The lowest BCUT2D eigenvalue weighted by molar-refractivity contribution is -0.137. The predicted octanol–water partition coefficient (Wildman–Crippen LogP) is 3.96. The van der Waals surface area contributed by atoms with Crippen molar-refractivity contribution in [1.29, 1.82) is 0 Å². The molecule has 0 saturated carbocycles. The molecule has 0 saturated heterocycles. The van der Waals surface area contributed by atoms with Gasteiger partial charge in [-0.3, -0.25) is 4.79 Å². The lowest BCUT2D eigenvalue weighted by atomic mass is 10.1. The monoisotopic (exact) mass is 361 g/mol. The molecule has 128 valence electrons. The average molecular weight is 362 g/mol. The van der Waals surface area contributed by atoms with Crippen LogP contribution in [-0.4, -0.2) is 17.6 Å². The summed E-state index contributed by atoms with van der Waals surface area (Å²) in [6, 6.07) is 7.61. The molecule has 1 unspecified atom stereocenters. The normalized spacial score (nSPS) is 12.8. The first-order chi connectivity index (χ1) is 11.2. The van der Waals surface area contributed by atoms with E-state index in [1.54, 1.807) is 0 Å². The molecule has 0 aliphatic heterocycles. The molecule has 2 aromatic carbocycles. The maximum atomic E-state index is 13.6. The van der Waals surface area contributed by atoms with Crippen LogP contribution in [0.2, 0.25) is 5.02 Å². The molecule has 0 bridgehead atoms. The van der Waals surface area contributed by atoms with E-state index in [1.165, 1.54) is 12.1 Å². The number of amides is 1. The highest BCUT2D eigenvalue weighted by atomic mass is 35.5. The van der Waals surface area contributed by atoms with Crippen molar-refractivity contribution in [2.24, 2.45) is 0 Å². The van der Waals surface area contributed by atoms with Gasteiger partial charge in [0.05, 0.1) is 22.3 Å². The van der Waals surface area contributed by atoms with E-state index in [4.69, 9.17) is 11.6 Å². The summed E-state index contributed by atoms with van der Waals surface area (Å²) < 4.78 is 51.0. The van der Waals surface area contributed by atoms with Crippen LogP contribution in [0.5, 0.6) is 0 Å². The number of aliphatic hydroxyl groups excluding tert-OH is 1. The molecule has 24 heavy (non-hydrogen) atoms. The second-order valence-electron chi connectivity index (χ2n) is 4.94. The van der Waals surface area contributed by atoms with E-state index in [1.807, 2.05) is 0 Å². The zero-order valence-electron chi connectivity index (χ0n) is 12.1. The summed E-state index contributed by atoms with van der Waals surface area (Å²) in [5.74, 6) is -1.65. The van der Waals surface area contributed by atoms with E-state index in [0.717, 1.165) is 30.3 Å². The number of hydrogen-bond acceptors (Lipinski definition) is 2. The molecule has 1 amide bonds.